The first-order valence-corrected chi connectivity index (χ1v) is 11.3. The monoisotopic (exact) mass is 439 g/mol. The Morgan fingerprint density at radius 1 is 1.19 bits per heavy atom. The highest BCUT2D eigenvalue weighted by Gasteiger charge is 2.32. The topological polar surface area (TPSA) is 121 Å². The highest BCUT2D eigenvalue weighted by atomic mass is 16.2. The molecule has 1 aromatic carbocycles. The number of H-pyrrole nitrogens is 1. The molecular weight excluding hydrogens is 406 g/mol. The molecule has 2 aromatic rings. The lowest BCUT2D eigenvalue weighted by molar-refractivity contribution is -0.130. The summed E-state index contributed by atoms with van der Waals surface area (Å²) < 4.78 is 0. The van der Waals surface area contributed by atoms with Crippen molar-refractivity contribution >= 4 is 17.6 Å². The number of unbranched alkanes of at least 4 members (excludes halogenated alkanes) is 2. The van der Waals surface area contributed by atoms with Crippen LogP contribution >= 0.6 is 0 Å². The molecule has 0 aliphatic carbocycles. The second-order valence-electron chi connectivity index (χ2n) is 8.55. The van der Waals surface area contributed by atoms with Crippen LogP contribution in [0.4, 0.5) is 0 Å². The minimum absolute atomic E-state index is 0.0273. The number of nitrogens with one attached hydrogen (secondary N) is 2. The maximum absolute atomic E-state index is 12.8. The fourth-order valence-corrected chi connectivity index (χ4v) is 4.03. The number of aromatic nitrogens is 2. The zero-order valence-corrected chi connectivity index (χ0v) is 18.9. The third-order valence-electron chi connectivity index (χ3n) is 5.96. The van der Waals surface area contributed by atoms with Gasteiger partial charge in [0.15, 0.2) is 5.69 Å². The second kappa shape index (κ2) is 11.0. The highest BCUT2D eigenvalue weighted by molar-refractivity contribution is 5.93. The number of nitrogens with two attached hydrogens (primary N) is 1. The molecule has 0 radical (unpaired) electrons. The molecule has 1 aromatic heterocycles. The van der Waals surface area contributed by atoms with Crippen molar-refractivity contribution < 1.29 is 14.4 Å². The normalized spacial score (nSPS) is 15.2. The van der Waals surface area contributed by atoms with Crippen LogP contribution in [0.3, 0.4) is 0 Å². The van der Waals surface area contributed by atoms with Crippen molar-refractivity contribution in [2.45, 2.75) is 51.5 Å². The summed E-state index contributed by atoms with van der Waals surface area (Å²) in [5.74, 6) is 0.0972. The third-order valence-corrected chi connectivity index (χ3v) is 5.96. The van der Waals surface area contributed by atoms with Gasteiger partial charge in [-0.15, -0.1) is 0 Å². The molecule has 0 saturated carbocycles. The van der Waals surface area contributed by atoms with Crippen molar-refractivity contribution in [1.29, 1.82) is 0 Å². The van der Waals surface area contributed by atoms with Crippen LogP contribution in [0.25, 0.3) is 11.4 Å². The van der Waals surface area contributed by atoms with Crippen molar-refractivity contribution in [3.05, 3.63) is 41.7 Å². The van der Waals surface area contributed by atoms with Crippen LogP contribution in [-0.2, 0) is 9.59 Å². The molecule has 4 N–H and O–H groups in total. The summed E-state index contributed by atoms with van der Waals surface area (Å²) in [6, 6.07) is 9.09. The number of nitrogens with zero attached hydrogens (tertiary/aromatic N) is 2. The Labute approximate surface area is 189 Å². The lowest BCUT2D eigenvalue weighted by Gasteiger charge is -2.35. The molecule has 1 aliphatic rings. The van der Waals surface area contributed by atoms with Crippen LogP contribution in [-0.4, -0.2) is 52.6 Å². The molecule has 0 spiro atoms. The maximum atomic E-state index is 12.8. The predicted molar refractivity (Wildman–Crippen MR) is 123 cm³/mol. The Morgan fingerprint density at radius 3 is 2.53 bits per heavy atom. The van der Waals surface area contributed by atoms with Crippen LogP contribution in [0.15, 0.2) is 30.3 Å². The van der Waals surface area contributed by atoms with Gasteiger partial charge in [-0.1, -0.05) is 50.1 Å². The Kier molecular flexibility index (Phi) is 8.16. The molecule has 32 heavy (non-hydrogen) atoms. The number of carbonyl (C=O) groups is 3. The number of likely N-dealkylation sites (tertiary alicyclic amines) is 1. The zero-order chi connectivity index (χ0) is 23.1. The number of rotatable bonds is 12. The number of Topliss-reactive ketones (excluding diaryl/α,β-unsaturated/α-hetero) is 1. The van der Waals surface area contributed by atoms with E-state index < -0.39 is 11.9 Å². The SMILES string of the molecule is CCC(=O)CCCCC[C@H](NC(=O)C1CN(C)C1)c1[nH]c(-c2ccccc2)nc1C(N)=O. The van der Waals surface area contributed by atoms with E-state index in [2.05, 4.69) is 20.2 Å². The van der Waals surface area contributed by atoms with Gasteiger partial charge >= 0.3 is 0 Å². The van der Waals surface area contributed by atoms with Gasteiger partial charge in [-0.3, -0.25) is 14.4 Å². The predicted octanol–water partition coefficient (Wildman–Crippen LogP) is 2.82. The fraction of sp³-hybridized carbons (Fsp3) is 0.500. The molecule has 1 atom stereocenters. The summed E-state index contributed by atoms with van der Waals surface area (Å²) in [6.07, 6.45) is 4.27. The number of benzene rings is 1. The Bertz CT molecular complexity index is 934. The molecule has 3 rings (SSSR count). The molecular formula is C24H33N5O3. The number of carbonyl (C=O) groups excluding carboxylic acids is 3. The number of ketones is 1. The van der Waals surface area contributed by atoms with Crippen LogP contribution in [0, 0.1) is 5.92 Å². The summed E-state index contributed by atoms with van der Waals surface area (Å²) in [7, 11) is 1.98. The van der Waals surface area contributed by atoms with Crippen LogP contribution in [0.1, 0.15) is 67.7 Å². The van der Waals surface area contributed by atoms with Crippen molar-refractivity contribution in [2.24, 2.45) is 11.7 Å². The largest absolute Gasteiger partial charge is 0.364 e. The molecule has 172 valence electrons. The Hall–Kier alpha value is -3.00. The van der Waals surface area contributed by atoms with Gasteiger partial charge in [0.2, 0.25) is 5.91 Å². The molecule has 1 saturated heterocycles. The number of imidazole rings is 1. The number of aromatic amines is 1. The van der Waals surface area contributed by atoms with Gasteiger partial charge < -0.3 is 20.9 Å². The third kappa shape index (κ3) is 6.03. The highest BCUT2D eigenvalue weighted by Crippen LogP contribution is 2.27. The van der Waals surface area contributed by atoms with Gasteiger partial charge in [-0.25, -0.2) is 4.98 Å². The molecule has 2 amide bonds. The standard InChI is InChI=1S/C24H33N5O3/c1-3-18(30)12-8-5-9-13-19(26-24(32)17-14-29(2)15-17)20-21(22(25)31)28-23(27-20)16-10-6-4-7-11-16/h4,6-7,10-11,17,19H,3,5,8-9,12-15H2,1-2H3,(H2,25,31)(H,26,32)(H,27,28)/t19-/m0/s1. The minimum atomic E-state index is -0.630. The molecule has 8 heteroatoms. The summed E-state index contributed by atoms with van der Waals surface area (Å²) in [5, 5.41) is 3.12. The Morgan fingerprint density at radius 2 is 1.91 bits per heavy atom. The first-order chi connectivity index (χ1) is 15.4. The average Bonchev–Trinajstić information content (AvgIpc) is 3.22. The lowest BCUT2D eigenvalue weighted by atomic mass is 9.97. The summed E-state index contributed by atoms with van der Waals surface area (Å²) in [4.78, 5) is 46.3. The van der Waals surface area contributed by atoms with Crippen LogP contribution in [0.2, 0.25) is 0 Å². The lowest BCUT2D eigenvalue weighted by Crippen LogP contribution is -2.52. The molecule has 8 nitrogen and oxygen atoms in total. The Balaban J connectivity index is 1.77. The van der Waals surface area contributed by atoms with Crippen LogP contribution in [0.5, 0.6) is 0 Å². The van der Waals surface area contributed by atoms with Crippen molar-refractivity contribution in [1.82, 2.24) is 20.2 Å². The molecule has 0 unspecified atom stereocenters. The van der Waals surface area contributed by atoms with Crippen LogP contribution < -0.4 is 11.1 Å². The molecule has 1 fully saturated rings. The first-order valence-electron chi connectivity index (χ1n) is 11.3. The fourth-order valence-electron chi connectivity index (χ4n) is 4.03. The van der Waals surface area contributed by atoms with E-state index in [0.717, 1.165) is 37.9 Å². The zero-order valence-electron chi connectivity index (χ0n) is 18.9. The molecule has 2 heterocycles. The summed E-state index contributed by atoms with van der Waals surface area (Å²) in [5.41, 5.74) is 7.17. The van der Waals surface area contributed by atoms with E-state index in [4.69, 9.17) is 5.73 Å². The van der Waals surface area contributed by atoms with E-state index in [9.17, 15) is 14.4 Å². The van der Waals surface area contributed by atoms with E-state index in [1.807, 2.05) is 44.3 Å². The molecule has 0 bridgehead atoms. The number of primary amides is 1. The van der Waals surface area contributed by atoms with E-state index in [1.165, 1.54) is 0 Å². The van der Waals surface area contributed by atoms with Gasteiger partial charge in [0.25, 0.3) is 5.91 Å². The number of hydrogen-bond acceptors (Lipinski definition) is 5. The number of hydrogen-bond donors (Lipinski definition) is 3. The first kappa shape index (κ1) is 23.7. The maximum Gasteiger partial charge on any atom is 0.269 e. The van der Waals surface area contributed by atoms with Gasteiger partial charge in [0.1, 0.15) is 11.6 Å². The van der Waals surface area contributed by atoms with Gasteiger partial charge in [0, 0.05) is 31.5 Å². The summed E-state index contributed by atoms with van der Waals surface area (Å²) >= 11 is 0. The minimum Gasteiger partial charge on any atom is -0.364 e. The van der Waals surface area contributed by atoms with Gasteiger partial charge in [0.05, 0.1) is 17.7 Å². The smallest absolute Gasteiger partial charge is 0.269 e. The van der Waals surface area contributed by atoms with E-state index in [1.54, 1.807) is 0 Å². The summed E-state index contributed by atoms with van der Waals surface area (Å²) in [6.45, 7) is 3.32. The second-order valence-corrected chi connectivity index (χ2v) is 8.55. The average molecular weight is 440 g/mol. The van der Waals surface area contributed by atoms with Gasteiger partial charge in [-0.2, -0.15) is 0 Å². The number of amides is 2. The van der Waals surface area contributed by atoms with Crippen molar-refractivity contribution in [3.8, 4) is 11.4 Å². The van der Waals surface area contributed by atoms with Crippen molar-refractivity contribution in [3.63, 3.8) is 0 Å². The van der Waals surface area contributed by atoms with E-state index >= 15 is 0 Å². The van der Waals surface area contributed by atoms with E-state index in [0.29, 0.717) is 30.8 Å². The van der Waals surface area contributed by atoms with E-state index in [-0.39, 0.29) is 23.3 Å². The van der Waals surface area contributed by atoms with Gasteiger partial charge in [-0.05, 0) is 19.9 Å². The quantitative estimate of drug-likeness (QED) is 0.439. The molecule has 1 aliphatic heterocycles. The van der Waals surface area contributed by atoms with Crippen molar-refractivity contribution in [2.75, 3.05) is 20.1 Å².